The van der Waals surface area contributed by atoms with Crippen LogP contribution in [0.3, 0.4) is 0 Å². The number of ether oxygens (including phenoxy) is 1. The molecule has 1 aliphatic heterocycles. The highest BCUT2D eigenvalue weighted by Crippen LogP contribution is 2.24. The number of H-pyrrole nitrogens is 1. The number of hydrogen-bond donors (Lipinski definition) is 3. The number of amides is 4. The predicted octanol–water partition coefficient (Wildman–Crippen LogP) is 1.34. The summed E-state index contributed by atoms with van der Waals surface area (Å²) in [6, 6.07) is 3.87. The van der Waals surface area contributed by atoms with Crippen molar-refractivity contribution in [2.45, 2.75) is 38.4 Å². The summed E-state index contributed by atoms with van der Waals surface area (Å²) in [6.07, 6.45) is 5.08. The van der Waals surface area contributed by atoms with Crippen LogP contribution in [-0.4, -0.2) is 87.4 Å². The quantitative estimate of drug-likeness (QED) is 0.449. The van der Waals surface area contributed by atoms with Gasteiger partial charge in [0.2, 0.25) is 5.91 Å². The monoisotopic (exact) mass is 510 g/mol. The molecule has 3 heterocycles. The third-order valence-electron chi connectivity index (χ3n) is 6.12. The third-order valence-corrected chi connectivity index (χ3v) is 6.12. The molecule has 3 aromatic rings. The summed E-state index contributed by atoms with van der Waals surface area (Å²) in [5, 5.41) is 14.4. The topological polar surface area (TPSA) is 155 Å². The summed E-state index contributed by atoms with van der Waals surface area (Å²) in [7, 11) is 4.55. The lowest BCUT2D eigenvalue weighted by Crippen LogP contribution is -2.47. The fourth-order valence-electron chi connectivity index (χ4n) is 4.20. The summed E-state index contributed by atoms with van der Waals surface area (Å²) < 4.78 is 6.44. The Hall–Kier alpha value is -4.42. The largest absolute Gasteiger partial charge is 0.468 e. The van der Waals surface area contributed by atoms with E-state index in [1.54, 1.807) is 49.4 Å². The van der Waals surface area contributed by atoms with E-state index in [2.05, 4.69) is 25.9 Å². The molecule has 1 aromatic carbocycles. The molecule has 1 atom stereocenters. The van der Waals surface area contributed by atoms with Crippen molar-refractivity contribution in [3.8, 4) is 0 Å². The maximum atomic E-state index is 13.5. The highest BCUT2D eigenvalue weighted by atomic mass is 16.5. The molecular formula is C24H30N8O5. The van der Waals surface area contributed by atoms with Crippen LogP contribution in [0.2, 0.25) is 0 Å². The predicted molar refractivity (Wildman–Crippen MR) is 134 cm³/mol. The van der Waals surface area contributed by atoms with Crippen molar-refractivity contribution < 1.29 is 23.9 Å². The van der Waals surface area contributed by atoms with E-state index < -0.39 is 23.9 Å². The molecule has 196 valence electrons. The number of esters is 1. The van der Waals surface area contributed by atoms with Gasteiger partial charge in [0.1, 0.15) is 18.3 Å². The van der Waals surface area contributed by atoms with Crippen LogP contribution in [0.5, 0.6) is 0 Å². The van der Waals surface area contributed by atoms with Crippen LogP contribution in [0.1, 0.15) is 35.3 Å². The zero-order chi connectivity index (χ0) is 26.5. The number of likely N-dealkylation sites (N-methyl/N-ethyl adjacent to an activating group) is 1. The molecule has 0 saturated carbocycles. The smallest absolute Gasteiger partial charge is 0.325 e. The second-order valence-corrected chi connectivity index (χ2v) is 9.05. The van der Waals surface area contributed by atoms with Gasteiger partial charge >= 0.3 is 12.0 Å². The zero-order valence-electron chi connectivity index (χ0n) is 21.0. The van der Waals surface area contributed by atoms with Gasteiger partial charge in [-0.1, -0.05) is 5.21 Å². The summed E-state index contributed by atoms with van der Waals surface area (Å²) >= 11 is 0. The van der Waals surface area contributed by atoms with Crippen LogP contribution < -0.4 is 10.6 Å². The Morgan fingerprint density at radius 2 is 2.03 bits per heavy atom. The van der Waals surface area contributed by atoms with Crippen molar-refractivity contribution in [2.75, 3.05) is 33.1 Å². The van der Waals surface area contributed by atoms with Gasteiger partial charge in [0.15, 0.2) is 0 Å². The molecule has 1 aliphatic rings. The van der Waals surface area contributed by atoms with Crippen molar-refractivity contribution in [1.82, 2.24) is 35.1 Å². The van der Waals surface area contributed by atoms with Gasteiger partial charge in [0.05, 0.1) is 25.4 Å². The molecule has 0 aliphatic carbocycles. The first kappa shape index (κ1) is 25.7. The normalized spacial score (nSPS) is 17.1. The molecule has 13 heteroatoms. The van der Waals surface area contributed by atoms with E-state index in [0.717, 1.165) is 0 Å². The summed E-state index contributed by atoms with van der Waals surface area (Å²) in [4.78, 5) is 56.9. The van der Waals surface area contributed by atoms with Gasteiger partial charge < -0.3 is 30.2 Å². The number of hydrogen-bond acceptors (Lipinski definition) is 7. The number of rotatable bonds is 3. The first-order chi connectivity index (χ1) is 17.7. The lowest BCUT2D eigenvalue weighted by Gasteiger charge is -2.22. The molecule has 4 rings (SSSR count). The molecule has 0 unspecified atom stereocenters. The zero-order valence-corrected chi connectivity index (χ0v) is 21.0. The molecule has 4 bridgehead atoms. The van der Waals surface area contributed by atoms with Gasteiger partial charge in [-0.25, -0.2) is 4.79 Å². The lowest BCUT2D eigenvalue weighted by molar-refractivity contribution is -0.141. The van der Waals surface area contributed by atoms with Crippen molar-refractivity contribution in [2.24, 2.45) is 0 Å². The Labute approximate surface area is 213 Å². The van der Waals surface area contributed by atoms with Crippen molar-refractivity contribution in [1.29, 1.82) is 0 Å². The summed E-state index contributed by atoms with van der Waals surface area (Å²) in [5.41, 5.74) is 1.96. The van der Waals surface area contributed by atoms with Crippen molar-refractivity contribution in [3.63, 3.8) is 0 Å². The maximum Gasteiger partial charge on any atom is 0.325 e. The third kappa shape index (κ3) is 6.05. The second kappa shape index (κ2) is 11.1. The van der Waals surface area contributed by atoms with E-state index in [1.165, 1.54) is 16.9 Å². The number of urea groups is 1. The average Bonchev–Trinajstić information content (AvgIpc) is 3.50. The Morgan fingerprint density at radius 1 is 1.22 bits per heavy atom. The van der Waals surface area contributed by atoms with Gasteiger partial charge in [-0.15, -0.1) is 5.10 Å². The number of nitrogens with zero attached hydrogens (tertiary/aromatic N) is 5. The van der Waals surface area contributed by atoms with E-state index in [-0.39, 0.29) is 19.0 Å². The number of nitrogens with one attached hydrogen (secondary N) is 3. The van der Waals surface area contributed by atoms with E-state index in [9.17, 15) is 19.2 Å². The number of aromatic amines is 1. The van der Waals surface area contributed by atoms with Crippen LogP contribution >= 0.6 is 0 Å². The molecular weight excluding hydrogens is 480 g/mol. The first-order valence-electron chi connectivity index (χ1n) is 11.9. The number of aromatic nitrogens is 4. The van der Waals surface area contributed by atoms with Crippen molar-refractivity contribution >= 4 is 40.4 Å². The van der Waals surface area contributed by atoms with Gasteiger partial charge in [-0.2, -0.15) is 0 Å². The molecule has 3 N–H and O–H groups in total. The number of methoxy groups -OCH3 is 1. The fraction of sp³-hybridized carbons (Fsp3) is 0.417. The Balaban J connectivity index is 1.70. The van der Waals surface area contributed by atoms with Crippen LogP contribution in [0.4, 0.5) is 10.5 Å². The molecule has 2 aromatic heterocycles. The SMILES string of the molecule is COC(=O)CN1Cc2cn(nn2)CCCC[C@@H](C(=O)N(C)C)NC(=O)Nc2ccc3[nH]cc(c3c2)C1=O. The first-order valence-corrected chi connectivity index (χ1v) is 11.9. The highest BCUT2D eigenvalue weighted by molar-refractivity contribution is 6.08. The number of carbonyl (C=O) groups is 4. The number of aryl methyl sites for hydroxylation is 1. The van der Waals surface area contributed by atoms with E-state index in [1.807, 2.05) is 0 Å². The number of benzene rings is 1. The molecule has 0 spiro atoms. The van der Waals surface area contributed by atoms with E-state index in [4.69, 9.17) is 4.74 Å². The minimum atomic E-state index is -0.694. The minimum Gasteiger partial charge on any atom is -0.468 e. The molecule has 4 amide bonds. The Bertz CT molecular complexity index is 1310. The molecule has 0 saturated heterocycles. The molecule has 0 fully saturated rings. The number of fused-ring (bicyclic) bond motifs is 3. The second-order valence-electron chi connectivity index (χ2n) is 9.05. The molecule has 0 radical (unpaired) electrons. The van der Waals surface area contributed by atoms with Crippen LogP contribution in [0.25, 0.3) is 10.9 Å². The maximum absolute atomic E-state index is 13.5. The van der Waals surface area contributed by atoms with Crippen molar-refractivity contribution in [3.05, 3.63) is 41.9 Å². The minimum absolute atomic E-state index is 0.0559. The van der Waals surface area contributed by atoms with Gasteiger partial charge in [-0.05, 0) is 37.5 Å². The summed E-state index contributed by atoms with van der Waals surface area (Å²) in [6.45, 7) is 0.326. The standard InChI is InChI=1S/C24H30N8O5/c1-30(2)23(35)20-6-4-5-9-32-13-16(28-29-32)12-31(14-21(33)37-3)22(34)18-11-25-19-8-7-15(10-17(18)19)26-24(36)27-20/h7-8,10-11,13,20,25H,4-6,9,12,14H2,1-3H3,(H2,26,27,36)/t20-/m0/s1. The van der Waals surface area contributed by atoms with Crippen LogP contribution in [0, 0.1) is 0 Å². The van der Waals surface area contributed by atoms with Gasteiger partial charge in [0.25, 0.3) is 5.91 Å². The van der Waals surface area contributed by atoms with Gasteiger partial charge in [-0.3, -0.25) is 19.1 Å². The summed E-state index contributed by atoms with van der Waals surface area (Å²) in [5.74, 6) is -1.18. The highest BCUT2D eigenvalue weighted by Gasteiger charge is 2.25. The van der Waals surface area contributed by atoms with Gasteiger partial charge in [0, 0.05) is 43.4 Å². The lowest BCUT2D eigenvalue weighted by atomic mass is 10.1. The Kier molecular flexibility index (Phi) is 7.70. The fourth-order valence-corrected chi connectivity index (χ4v) is 4.20. The van der Waals surface area contributed by atoms with Crippen LogP contribution in [-0.2, 0) is 27.4 Å². The Morgan fingerprint density at radius 3 is 2.78 bits per heavy atom. The number of anilines is 1. The number of carbonyl (C=O) groups excluding carboxylic acids is 4. The molecule has 37 heavy (non-hydrogen) atoms. The van der Waals surface area contributed by atoms with E-state index in [0.29, 0.717) is 53.7 Å². The van der Waals surface area contributed by atoms with Crippen LogP contribution in [0.15, 0.2) is 30.6 Å². The average molecular weight is 511 g/mol. The van der Waals surface area contributed by atoms with E-state index >= 15 is 0 Å². The molecule has 13 nitrogen and oxygen atoms in total.